The van der Waals surface area contributed by atoms with E-state index in [-0.39, 0.29) is 17.7 Å². The van der Waals surface area contributed by atoms with Gasteiger partial charge >= 0.3 is 0 Å². The van der Waals surface area contributed by atoms with Crippen molar-refractivity contribution in [2.45, 2.75) is 90.1 Å². The van der Waals surface area contributed by atoms with Gasteiger partial charge in [-0.2, -0.15) is 0 Å². The van der Waals surface area contributed by atoms with Crippen LogP contribution in [-0.4, -0.2) is 36.4 Å². The Morgan fingerprint density at radius 3 is 1.94 bits per heavy atom. The molecule has 2 aromatic carbocycles. The van der Waals surface area contributed by atoms with Gasteiger partial charge in [-0.1, -0.05) is 95.4 Å². The van der Waals surface area contributed by atoms with Crippen LogP contribution in [0.3, 0.4) is 0 Å². The highest BCUT2D eigenvalue weighted by atomic mass is 16.5. The van der Waals surface area contributed by atoms with Crippen LogP contribution < -0.4 is 10.1 Å². The Kier molecular flexibility index (Phi) is 10.8. The van der Waals surface area contributed by atoms with Crippen molar-refractivity contribution in [1.29, 1.82) is 0 Å². The number of ketones is 2. The summed E-state index contributed by atoms with van der Waals surface area (Å²) in [5.41, 5.74) is 2.11. The Bertz CT molecular complexity index is 984. The van der Waals surface area contributed by atoms with E-state index in [2.05, 4.69) is 12.2 Å². The SMILES string of the molecule is CCCCCCCCCCCCC(O)CCNc1ccc(OC)c2c1C(=O)c1ccccc1C2=O. The fourth-order valence-electron chi connectivity index (χ4n) is 4.90. The number of hydrogen-bond donors (Lipinski definition) is 2. The number of aliphatic hydroxyl groups excluding tert-OH is 1. The lowest BCUT2D eigenvalue weighted by Crippen LogP contribution is -2.24. The number of methoxy groups -OCH3 is 1. The number of nitrogens with one attached hydrogen (secondary N) is 1. The molecule has 0 spiro atoms. The molecule has 0 saturated carbocycles. The minimum absolute atomic E-state index is 0.178. The number of anilines is 1. The number of rotatable bonds is 16. The summed E-state index contributed by atoms with van der Waals surface area (Å²) in [7, 11) is 1.50. The summed E-state index contributed by atoms with van der Waals surface area (Å²) in [4.78, 5) is 26.4. The van der Waals surface area contributed by atoms with Crippen molar-refractivity contribution in [3.05, 3.63) is 58.7 Å². The Balaban J connectivity index is 1.45. The van der Waals surface area contributed by atoms with Gasteiger partial charge in [0.1, 0.15) is 5.75 Å². The second-order valence-electron chi connectivity index (χ2n) is 9.61. The van der Waals surface area contributed by atoms with Gasteiger partial charge in [0.05, 0.1) is 24.3 Å². The second-order valence-corrected chi connectivity index (χ2v) is 9.61. The summed E-state index contributed by atoms with van der Waals surface area (Å²) < 4.78 is 5.40. The van der Waals surface area contributed by atoms with Crippen molar-refractivity contribution in [2.75, 3.05) is 19.0 Å². The maximum Gasteiger partial charge on any atom is 0.198 e. The van der Waals surface area contributed by atoms with Gasteiger partial charge in [0.25, 0.3) is 0 Å². The van der Waals surface area contributed by atoms with Crippen LogP contribution in [0.2, 0.25) is 0 Å². The van der Waals surface area contributed by atoms with E-state index in [9.17, 15) is 14.7 Å². The molecule has 190 valence electrons. The van der Waals surface area contributed by atoms with Gasteiger partial charge in [-0.25, -0.2) is 0 Å². The molecule has 0 fully saturated rings. The van der Waals surface area contributed by atoms with E-state index >= 15 is 0 Å². The number of unbranched alkanes of at least 4 members (excludes halogenated alkanes) is 9. The molecule has 35 heavy (non-hydrogen) atoms. The van der Waals surface area contributed by atoms with Gasteiger partial charge in [0, 0.05) is 23.4 Å². The van der Waals surface area contributed by atoms with Crippen LogP contribution in [0.15, 0.2) is 36.4 Å². The van der Waals surface area contributed by atoms with Gasteiger partial charge in [-0.15, -0.1) is 0 Å². The molecule has 1 unspecified atom stereocenters. The average molecular weight is 480 g/mol. The molecular formula is C30H41NO4. The third kappa shape index (κ3) is 7.17. The molecule has 0 aliphatic heterocycles. The normalized spacial score (nSPS) is 13.3. The molecule has 5 heteroatoms. The predicted molar refractivity (Wildman–Crippen MR) is 142 cm³/mol. The van der Waals surface area contributed by atoms with Crippen molar-refractivity contribution >= 4 is 17.3 Å². The molecule has 3 rings (SSSR count). The van der Waals surface area contributed by atoms with Gasteiger partial charge in [0.2, 0.25) is 0 Å². The van der Waals surface area contributed by atoms with Gasteiger partial charge in [-0.3, -0.25) is 9.59 Å². The van der Waals surface area contributed by atoms with Crippen LogP contribution in [0.4, 0.5) is 5.69 Å². The Labute approximate surface area is 210 Å². The molecule has 1 aliphatic carbocycles. The summed E-state index contributed by atoms with van der Waals surface area (Å²) in [5.74, 6) is 0.0265. The smallest absolute Gasteiger partial charge is 0.198 e. The van der Waals surface area contributed by atoms with Crippen LogP contribution in [-0.2, 0) is 0 Å². The Hall–Kier alpha value is -2.66. The van der Waals surface area contributed by atoms with Crippen molar-refractivity contribution in [3.63, 3.8) is 0 Å². The van der Waals surface area contributed by atoms with Gasteiger partial charge in [0.15, 0.2) is 11.6 Å². The van der Waals surface area contributed by atoms with Crippen molar-refractivity contribution < 1.29 is 19.4 Å². The zero-order chi connectivity index (χ0) is 25.0. The lowest BCUT2D eigenvalue weighted by atomic mass is 9.82. The molecule has 2 aromatic rings. The summed E-state index contributed by atoms with van der Waals surface area (Å²) >= 11 is 0. The van der Waals surface area contributed by atoms with E-state index in [4.69, 9.17) is 4.74 Å². The molecule has 0 aromatic heterocycles. The molecular weight excluding hydrogens is 438 g/mol. The van der Waals surface area contributed by atoms with E-state index in [0.717, 1.165) is 12.8 Å². The average Bonchev–Trinajstić information content (AvgIpc) is 2.88. The molecule has 0 heterocycles. The first-order chi connectivity index (χ1) is 17.1. The maximum absolute atomic E-state index is 13.3. The molecule has 5 nitrogen and oxygen atoms in total. The molecule has 0 bridgehead atoms. The van der Waals surface area contributed by atoms with E-state index in [1.54, 1.807) is 36.4 Å². The fraction of sp³-hybridized carbons (Fsp3) is 0.533. The van der Waals surface area contributed by atoms with E-state index in [1.165, 1.54) is 64.9 Å². The first-order valence-electron chi connectivity index (χ1n) is 13.4. The Morgan fingerprint density at radius 2 is 1.34 bits per heavy atom. The molecule has 0 radical (unpaired) electrons. The standard InChI is InChI=1S/C30H41NO4/c1-3-4-5-6-7-8-9-10-11-12-15-22(32)20-21-31-25-18-19-26(35-2)28-27(25)29(33)23-16-13-14-17-24(23)30(28)34/h13-14,16-19,22,31-32H,3-12,15,20-21H2,1-2H3. The quantitative estimate of drug-likeness (QED) is 0.218. The van der Waals surface area contributed by atoms with Crippen LogP contribution >= 0.6 is 0 Å². The summed E-state index contributed by atoms with van der Waals surface area (Å²) in [6.07, 6.45) is 13.8. The summed E-state index contributed by atoms with van der Waals surface area (Å²) in [6, 6.07) is 10.4. The van der Waals surface area contributed by atoms with Gasteiger partial charge in [-0.05, 0) is 25.0 Å². The minimum atomic E-state index is -0.372. The number of fused-ring (bicyclic) bond motifs is 2. The number of carbonyl (C=O) groups excluding carboxylic acids is 2. The third-order valence-corrected chi connectivity index (χ3v) is 6.94. The van der Waals surface area contributed by atoms with Crippen molar-refractivity contribution in [3.8, 4) is 5.75 Å². The Morgan fingerprint density at radius 1 is 0.771 bits per heavy atom. The molecule has 1 aliphatic rings. The third-order valence-electron chi connectivity index (χ3n) is 6.94. The van der Waals surface area contributed by atoms with Crippen molar-refractivity contribution in [1.82, 2.24) is 0 Å². The molecule has 0 saturated heterocycles. The monoisotopic (exact) mass is 479 g/mol. The first kappa shape index (κ1) is 26.9. The van der Waals surface area contributed by atoms with Gasteiger partial charge < -0.3 is 15.2 Å². The lowest BCUT2D eigenvalue weighted by molar-refractivity contribution is 0.0977. The summed E-state index contributed by atoms with van der Waals surface area (Å²) in [6.45, 7) is 2.78. The zero-order valence-electron chi connectivity index (χ0n) is 21.4. The number of carbonyl (C=O) groups is 2. The van der Waals surface area contributed by atoms with Crippen LogP contribution in [0.5, 0.6) is 5.75 Å². The first-order valence-corrected chi connectivity index (χ1v) is 13.4. The zero-order valence-corrected chi connectivity index (χ0v) is 21.4. The number of aliphatic hydroxyl groups is 1. The highest BCUT2D eigenvalue weighted by Gasteiger charge is 2.34. The largest absolute Gasteiger partial charge is 0.496 e. The van der Waals surface area contributed by atoms with Crippen LogP contribution in [0, 0.1) is 0 Å². The highest BCUT2D eigenvalue weighted by molar-refractivity contribution is 6.31. The number of benzene rings is 2. The molecule has 2 N–H and O–H groups in total. The second kappa shape index (κ2) is 14.0. The molecule has 1 atom stereocenters. The highest BCUT2D eigenvalue weighted by Crippen LogP contribution is 2.37. The van der Waals surface area contributed by atoms with E-state index in [0.29, 0.717) is 46.7 Å². The van der Waals surface area contributed by atoms with Crippen LogP contribution in [0.1, 0.15) is 116 Å². The lowest BCUT2D eigenvalue weighted by Gasteiger charge is -2.23. The minimum Gasteiger partial charge on any atom is -0.496 e. The fourth-order valence-corrected chi connectivity index (χ4v) is 4.90. The van der Waals surface area contributed by atoms with Crippen LogP contribution in [0.25, 0.3) is 0 Å². The topological polar surface area (TPSA) is 75.6 Å². The summed E-state index contributed by atoms with van der Waals surface area (Å²) in [5, 5.41) is 13.7. The number of ether oxygens (including phenoxy) is 1. The maximum atomic E-state index is 13.3. The predicted octanol–water partition coefficient (Wildman–Crippen LogP) is 6.94. The van der Waals surface area contributed by atoms with Crippen molar-refractivity contribution in [2.24, 2.45) is 0 Å². The molecule has 0 amide bonds. The van der Waals surface area contributed by atoms with E-state index < -0.39 is 0 Å². The number of hydrogen-bond acceptors (Lipinski definition) is 5. The van der Waals surface area contributed by atoms with E-state index in [1.807, 2.05) is 0 Å².